The Hall–Kier alpha value is -1.11. The lowest BCUT2D eigenvalue weighted by Gasteiger charge is -1.97. The molecule has 0 amide bonds. The minimum absolute atomic E-state index is 0.206. The fraction of sp³-hybridized carbons (Fsp3) is 0. The van der Waals surface area contributed by atoms with Gasteiger partial charge in [-0.15, -0.1) is 11.3 Å². The van der Waals surface area contributed by atoms with Gasteiger partial charge in [-0.2, -0.15) is 0 Å². The Balaban J connectivity index is 2.62. The molecule has 0 aliphatic carbocycles. The molecule has 0 unspecified atom stereocenters. The lowest BCUT2D eigenvalue weighted by molar-refractivity contribution is 0.600. The molecule has 2 aromatic heterocycles. The van der Waals surface area contributed by atoms with Crippen LogP contribution in [-0.2, 0) is 10.0 Å². The van der Waals surface area contributed by atoms with Crippen LogP contribution < -0.4 is 5.14 Å². The molecule has 0 fully saturated rings. The summed E-state index contributed by atoms with van der Waals surface area (Å²) in [5.41, 5.74) is 1.48. The van der Waals surface area contributed by atoms with Crippen LogP contribution in [0.3, 0.4) is 0 Å². The summed E-state index contributed by atoms with van der Waals surface area (Å²) >= 11 is 1.13. The van der Waals surface area contributed by atoms with Crippen LogP contribution in [0.4, 0.5) is 0 Å². The molecule has 0 saturated carbocycles. The number of thiophene rings is 1. The maximum Gasteiger partial charge on any atom is 0.248 e. The van der Waals surface area contributed by atoms with E-state index in [0.29, 0.717) is 5.56 Å². The molecule has 0 aliphatic heterocycles. The van der Waals surface area contributed by atoms with Gasteiger partial charge in [0.05, 0.1) is 0 Å². The van der Waals surface area contributed by atoms with Gasteiger partial charge in [-0.25, -0.2) is 13.6 Å². The van der Waals surface area contributed by atoms with Crippen molar-refractivity contribution in [3.05, 3.63) is 29.9 Å². The Morgan fingerprint density at radius 3 is 2.71 bits per heavy atom. The van der Waals surface area contributed by atoms with Crippen LogP contribution in [0.2, 0.25) is 0 Å². The molecule has 0 radical (unpaired) electrons. The molecule has 0 spiro atoms. The minimum Gasteiger partial charge on any atom is -0.367 e. The highest BCUT2D eigenvalue weighted by molar-refractivity contribution is 7.91. The molecule has 2 rings (SSSR count). The average Bonchev–Trinajstić information content (AvgIpc) is 2.73. The standard InChI is InChI=1S/C8H8N2O2S2/c9-14(11,12)8-7(2-4-13-8)6-1-3-10-5-6/h1-5,10H,(H2,9,11,12). The van der Waals surface area contributed by atoms with E-state index in [4.69, 9.17) is 5.14 Å². The third-order valence-corrected chi connectivity index (χ3v) is 4.23. The van der Waals surface area contributed by atoms with Crippen LogP contribution in [0.25, 0.3) is 11.1 Å². The van der Waals surface area contributed by atoms with Gasteiger partial charge in [-0.3, -0.25) is 0 Å². The highest BCUT2D eigenvalue weighted by Gasteiger charge is 2.16. The van der Waals surface area contributed by atoms with Gasteiger partial charge in [0.15, 0.2) is 0 Å². The number of aromatic amines is 1. The highest BCUT2D eigenvalue weighted by atomic mass is 32.2. The number of hydrogen-bond donors (Lipinski definition) is 2. The molecule has 74 valence electrons. The highest BCUT2D eigenvalue weighted by Crippen LogP contribution is 2.30. The maximum absolute atomic E-state index is 11.2. The van der Waals surface area contributed by atoms with E-state index in [1.54, 1.807) is 29.9 Å². The summed E-state index contributed by atoms with van der Waals surface area (Å²) in [4.78, 5) is 2.87. The van der Waals surface area contributed by atoms with E-state index in [-0.39, 0.29) is 4.21 Å². The first-order valence-corrected chi connectivity index (χ1v) is 6.25. The molecule has 4 nitrogen and oxygen atoms in total. The van der Waals surface area contributed by atoms with Crippen molar-refractivity contribution in [1.82, 2.24) is 4.98 Å². The smallest absolute Gasteiger partial charge is 0.248 e. The largest absolute Gasteiger partial charge is 0.367 e. The predicted octanol–water partition coefficient (Wildman–Crippen LogP) is 1.39. The molecule has 2 heterocycles. The number of rotatable bonds is 2. The zero-order valence-electron chi connectivity index (χ0n) is 7.10. The maximum atomic E-state index is 11.2. The van der Waals surface area contributed by atoms with Gasteiger partial charge in [0.1, 0.15) is 4.21 Å². The first-order chi connectivity index (χ1) is 6.59. The Labute approximate surface area is 85.4 Å². The molecule has 0 bridgehead atoms. The van der Waals surface area contributed by atoms with Crippen LogP contribution in [0, 0.1) is 0 Å². The van der Waals surface area contributed by atoms with Crippen molar-refractivity contribution in [2.45, 2.75) is 4.21 Å². The molecule has 0 aliphatic rings. The first-order valence-electron chi connectivity index (χ1n) is 3.82. The van der Waals surface area contributed by atoms with E-state index in [1.165, 1.54) is 0 Å². The van der Waals surface area contributed by atoms with E-state index < -0.39 is 10.0 Å². The Bertz CT molecular complexity index is 525. The Kier molecular flexibility index (Phi) is 2.18. The quantitative estimate of drug-likeness (QED) is 0.815. The fourth-order valence-corrected chi connectivity index (χ4v) is 3.06. The normalized spacial score (nSPS) is 11.8. The van der Waals surface area contributed by atoms with Crippen molar-refractivity contribution in [3.63, 3.8) is 0 Å². The van der Waals surface area contributed by atoms with Gasteiger partial charge < -0.3 is 4.98 Å². The predicted molar refractivity (Wildman–Crippen MR) is 55.5 cm³/mol. The van der Waals surface area contributed by atoms with Crippen LogP contribution in [-0.4, -0.2) is 13.4 Å². The summed E-state index contributed by atoms with van der Waals surface area (Å²) in [6, 6.07) is 3.55. The molecule has 14 heavy (non-hydrogen) atoms. The number of aromatic nitrogens is 1. The van der Waals surface area contributed by atoms with Crippen LogP contribution in [0.1, 0.15) is 0 Å². The molecular weight excluding hydrogens is 220 g/mol. The number of H-pyrrole nitrogens is 1. The van der Waals surface area contributed by atoms with Crippen LogP contribution in [0.5, 0.6) is 0 Å². The van der Waals surface area contributed by atoms with Crippen molar-refractivity contribution in [2.75, 3.05) is 0 Å². The molecule has 0 saturated heterocycles. The summed E-state index contributed by atoms with van der Waals surface area (Å²) in [5, 5.41) is 6.79. The van der Waals surface area contributed by atoms with E-state index in [0.717, 1.165) is 16.9 Å². The third-order valence-electron chi connectivity index (χ3n) is 1.80. The zero-order valence-corrected chi connectivity index (χ0v) is 8.73. The van der Waals surface area contributed by atoms with E-state index in [2.05, 4.69) is 4.98 Å². The van der Waals surface area contributed by atoms with Crippen molar-refractivity contribution in [2.24, 2.45) is 5.14 Å². The first kappa shape index (κ1) is 9.45. The van der Waals surface area contributed by atoms with Gasteiger partial charge in [0, 0.05) is 23.5 Å². The van der Waals surface area contributed by atoms with E-state index in [9.17, 15) is 8.42 Å². The van der Waals surface area contributed by atoms with Crippen molar-refractivity contribution in [3.8, 4) is 11.1 Å². The second kappa shape index (κ2) is 3.23. The summed E-state index contributed by atoms with van der Waals surface area (Å²) < 4.78 is 22.6. The second-order valence-corrected chi connectivity index (χ2v) is 5.44. The average molecular weight is 228 g/mol. The second-order valence-electron chi connectivity index (χ2n) is 2.77. The van der Waals surface area contributed by atoms with Crippen molar-refractivity contribution < 1.29 is 8.42 Å². The fourth-order valence-electron chi connectivity index (χ4n) is 1.22. The molecule has 0 atom stereocenters. The van der Waals surface area contributed by atoms with Gasteiger partial charge in [0.25, 0.3) is 0 Å². The number of sulfonamides is 1. The number of primary sulfonamides is 1. The SMILES string of the molecule is NS(=O)(=O)c1sccc1-c1cc[nH]c1. The lowest BCUT2D eigenvalue weighted by atomic mass is 10.2. The summed E-state index contributed by atoms with van der Waals surface area (Å²) in [5.74, 6) is 0. The monoisotopic (exact) mass is 228 g/mol. The van der Waals surface area contributed by atoms with Gasteiger partial charge in [-0.1, -0.05) is 0 Å². The molecule has 0 aromatic carbocycles. The van der Waals surface area contributed by atoms with E-state index in [1.807, 2.05) is 0 Å². The number of hydrogen-bond acceptors (Lipinski definition) is 3. The number of nitrogens with one attached hydrogen (secondary N) is 1. The van der Waals surface area contributed by atoms with Gasteiger partial charge >= 0.3 is 0 Å². The third kappa shape index (κ3) is 1.59. The van der Waals surface area contributed by atoms with Crippen LogP contribution in [0.15, 0.2) is 34.1 Å². The number of nitrogens with two attached hydrogens (primary N) is 1. The van der Waals surface area contributed by atoms with E-state index >= 15 is 0 Å². The zero-order chi connectivity index (χ0) is 10.2. The molecule has 6 heteroatoms. The summed E-state index contributed by atoms with van der Waals surface area (Å²) in [6.45, 7) is 0. The Morgan fingerprint density at radius 1 is 1.36 bits per heavy atom. The van der Waals surface area contributed by atoms with Crippen molar-refractivity contribution in [1.29, 1.82) is 0 Å². The van der Waals surface area contributed by atoms with Crippen molar-refractivity contribution >= 4 is 21.4 Å². The summed E-state index contributed by atoms with van der Waals surface area (Å²) in [6.07, 6.45) is 3.47. The molecule has 2 aromatic rings. The minimum atomic E-state index is -3.61. The van der Waals surface area contributed by atoms with Crippen LogP contribution >= 0.6 is 11.3 Å². The molecular formula is C8H8N2O2S2. The topological polar surface area (TPSA) is 76.0 Å². The van der Waals surface area contributed by atoms with Gasteiger partial charge in [-0.05, 0) is 17.5 Å². The van der Waals surface area contributed by atoms with Gasteiger partial charge in [0.2, 0.25) is 10.0 Å². The lowest BCUT2D eigenvalue weighted by Crippen LogP contribution is -2.11. The molecule has 3 N–H and O–H groups in total. The summed E-state index contributed by atoms with van der Waals surface area (Å²) in [7, 11) is -3.61. The Morgan fingerprint density at radius 2 is 2.14 bits per heavy atom.